The van der Waals surface area contributed by atoms with Crippen molar-refractivity contribution in [2.45, 2.75) is 25.8 Å². The molecule has 0 saturated carbocycles. The average molecular weight is 301 g/mol. The van der Waals surface area contributed by atoms with Gasteiger partial charge in [-0.2, -0.15) is 5.10 Å². The van der Waals surface area contributed by atoms with Crippen LogP contribution in [0.4, 0.5) is 5.69 Å². The van der Waals surface area contributed by atoms with Crippen molar-refractivity contribution in [3.63, 3.8) is 0 Å². The lowest BCUT2D eigenvalue weighted by Gasteiger charge is -2.22. The van der Waals surface area contributed by atoms with Crippen LogP contribution in [0.2, 0.25) is 0 Å². The van der Waals surface area contributed by atoms with E-state index >= 15 is 0 Å². The third-order valence-electron chi connectivity index (χ3n) is 2.93. The molecule has 1 aromatic rings. The molecule has 2 N–H and O–H groups in total. The van der Waals surface area contributed by atoms with Gasteiger partial charge in [0.2, 0.25) is 0 Å². The van der Waals surface area contributed by atoms with E-state index in [2.05, 4.69) is 43.3 Å². The normalized spacial score (nSPS) is 18.2. The van der Waals surface area contributed by atoms with Crippen molar-refractivity contribution in [1.82, 2.24) is 15.1 Å². The molecule has 17 heavy (non-hydrogen) atoms. The van der Waals surface area contributed by atoms with Crippen molar-refractivity contribution in [2.75, 3.05) is 25.0 Å². The molecule has 1 fully saturated rings. The van der Waals surface area contributed by atoms with Crippen molar-refractivity contribution in [2.24, 2.45) is 0 Å². The topological polar surface area (TPSA) is 61.0 Å². The summed E-state index contributed by atoms with van der Waals surface area (Å²) in [7, 11) is 0. The number of aromatic nitrogens is 2. The van der Waals surface area contributed by atoms with Gasteiger partial charge in [0.25, 0.3) is 5.56 Å². The summed E-state index contributed by atoms with van der Waals surface area (Å²) in [4.78, 5) is 13.8. The molecule has 0 amide bonds. The summed E-state index contributed by atoms with van der Waals surface area (Å²) < 4.78 is 0.515. The van der Waals surface area contributed by atoms with Crippen LogP contribution in [0.25, 0.3) is 0 Å². The number of aromatic amines is 1. The molecular weight excluding hydrogens is 284 g/mol. The number of hydrogen-bond donors (Lipinski definition) is 2. The fourth-order valence-electron chi connectivity index (χ4n) is 2.15. The van der Waals surface area contributed by atoms with Gasteiger partial charge in [-0.25, -0.2) is 5.10 Å². The van der Waals surface area contributed by atoms with Gasteiger partial charge in [0.05, 0.1) is 11.9 Å². The fraction of sp³-hybridized carbons (Fsp3) is 0.636. The third kappa shape index (κ3) is 3.29. The van der Waals surface area contributed by atoms with Gasteiger partial charge in [-0.3, -0.25) is 4.79 Å². The summed E-state index contributed by atoms with van der Waals surface area (Å²) in [5, 5.41) is 9.48. The molecule has 0 spiro atoms. The minimum Gasteiger partial charge on any atom is -0.379 e. The number of nitrogens with zero attached hydrogens (tertiary/aromatic N) is 2. The number of likely N-dealkylation sites (tertiary alicyclic amines) is 1. The van der Waals surface area contributed by atoms with E-state index in [1.807, 2.05) is 0 Å². The second-order valence-corrected chi connectivity index (χ2v) is 5.27. The number of anilines is 1. The van der Waals surface area contributed by atoms with E-state index < -0.39 is 0 Å². The molecular formula is C11H17BrN4O. The van der Waals surface area contributed by atoms with Crippen LogP contribution in [-0.2, 0) is 0 Å². The van der Waals surface area contributed by atoms with E-state index in [-0.39, 0.29) is 5.56 Å². The molecule has 0 bridgehead atoms. The maximum atomic E-state index is 11.4. The summed E-state index contributed by atoms with van der Waals surface area (Å²) in [6.45, 7) is 5.48. The van der Waals surface area contributed by atoms with Crippen molar-refractivity contribution < 1.29 is 0 Å². The molecule has 1 aromatic heterocycles. The molecule has 0 aliphatic carbocycles. The summed E-state index contributed by atoms with van der Waals surface area (Å²) >= 11 is 3.26. The summed E-state index contributed by atoms with van der Waals surface area (Å²) in [6, 6.07) is 0.299. The Balaban J connectivity index is 1.95. The highest BCUT2D eigenvalue weighted by Gasteiger charge is 2.15. The summed E-state index contributed by atoms with van der Waals surface area (Å²) in [5.41, 5.74) is 0.545. The smallest absolute Gasteiger partial charge is 0.280 e. The van der Waals surface area contributed by atoms with E-state index in [4.69, 9.17) is 0 Å². The zero-order valence-corrected chi connectivity index (χ0v) is 11.5. The van der Waals surface area contributed by atoms with Gasteiger partial charge >= 0.3 is 0 Å². The lowest BCUT2D eigenvalue weighted by Crippen LogP contribution is -2.33. The lowest BCUT2D eigenvalue weighted by atomic mass is 10.3. The molecule has 2 heterocycles. The molecule has 1 atom stereocenters. The molecule has 6 heteroatoms. The predicted molar refractivity (Wildman–Crippen MR) is 71.3 cm³/mol. The SMILES string of the molecule is CC(CN1CCCC1)Nc1cn[nH]c(=O)c1Br. The van der Waals surface area contributed by atoms with Crippen LogP contribution in [-0.4, -0.2) is 40.8 Å². The van der Waals surface area contributed by atoms with Crippen molar-refractivity contribution in [3.8, 4) is 0 Å². The van der Waals surface area contributed by atoms with Crippen molar-refractivity contribution >= 4 is 21.6 Å². The second-order valence-electron chi connectivity index (χ2n) is 4.48. The lowest BCUT2D eigenvalue weighted by molar-refractivity contribution is 0.328. The average Bonchev–Trinajstić information content (AvgIpc) is 2.77. The van der Waals surface area contributed by atoms with Crippen LogP contribution in [0.3, 0.4) is 0 Å². The number of rotatable bonds is 4. The molecule has 2 rings (SSSR count). The number of H-pyrrole nitrogens is 1. The molecule has 1 aliphatic rings. The molecule has 0 aromatic carbocycles. The van der Waals surface area contributed by atoms with Gasteiger partial charge in [-0.1, -0.05) is 0 Å². The quantitative estimate of drug-likeness (QED) is 0.883. The fourth-order valence-corrected chi connectivity index (χ4v) is 2.45. The Labute approximate surface area is 109 Å². The van der Waals surface area contributed by atoms with Crippen LogP contribution in [0.5, 0.6) is 0 Å². The van der Waals surface area contributed by atoms with Gasteiger partial charge in [-0.05, 0) is 48.8 Å². The highest BCUT2D eigenvalue weighted by Crippen LogP contribution is 2.17. The van der Waals surface area contributed by atoms with Gasteiger partial charge in [0.15, 0.2) is 0 Å². The maximum Gasteiger partial charge on any atom is 0.280 e. The highest BCUT2D eigenvalue weighted by molar-refractivity contribution is 9.10. The molecule has 1 aliphatic heterocycles. The Morgan fingerprint density at radius 2 is 2.29 bits per heavy atom. The zero-order valence-electron chi connectivity index (χ0n) is 9.87. The number of nitrogens with one attached hydrogen (secondary N) is 2. The molecule has 1 saturated heterocycles. The predicted octanol–water partition coefficient (Wildman–Crippen LogP) is 1.43. The largest absolute Gasteiger partial charge is 0.379 e. The first kappa shape index (κ1) is 12.6. The third-order valence-corrected chi connectivity index (χ3v) is 3.72. The van der Waals surface area contributed by atoms with E-state index in [0.717, 1.165) is 12.2 Å². The molecule has 0 radical (unpaired) electrons. The standard InChI is InChI=1S/C11H17BrN4O/c1-8(7-16-4-2-3-5-16)14-9-6-13-15-11(17)10(9)12/h6,8H,2-5,7H2,1H3,(H2,14,15,17). The van der Waals surface area contributed by atoms with Gasteiger partial charge in [0.1, 0.15) is 4.47 Å². The Morgan fingerprint density at radius 1 is 1.59 bits per heavy atom. The van der Waals surface area contributed by atoms with Crippen molar-refractivity contribution in [1.29, 1.82) is 0 Å². The molecule has 5 nitrogen and oxygen atoms in total. The maximum absolute atomic E-state index is 11.4. The summed E-state index contributed by atoms with van der Waals surface area (Å²) in [6.07, 6.45) is 4.22. The minimum absolute atomic E-state index is 0.205. The van der Waals surface area contributed by atoms with Crippen LogP contribution in [0.1, 0.15) is 19.8 Å². The van der Waals surface area contributed by atoms with Crippen LogP contribution >= 0.6 is 15.9 Å². The van der Waals surface area contributed by atoms with Crippen molar-refractivity contribution in [3.05, 3.63) is 21.0 Å². The van der Waals surface area contributed by atoms with Crippen LogP contribution in [0, 0.1) is 0 Å². The Hall–Kier alpha value is -0.880. The Kier molecular flexibility index (Phi) is 4.17. The first-order chi connectivity index (χ1) is 8.16. The Bertz CT molecular complexity index is 428. The molecule has 1 unspecified atom stereocenters. The zero-order chi connectivity index (χ0) is 12.3. The molecule has 94 valence electrons. The first-order valence-electron chi connectivity index (χ1n) is 5.89. The van der Waals surface area contributed by atoms with Gasteiger partial charge in [-0.15, -0.1) is 0 Å². The minimum atomic E-state index is -0.205. The second kappa shape index (κ2) is 5.64. The number of hydrogen-bond acceptors (Lipinski definition) is 4. The van der Waals surface area contributed by atoms with Gasteiger partial charge in [0, 0.05) is 12.6 Å². The van der Waals surface area contributed by atoms with E-state index in [1.54, 1.807) is 6.20 Å². The van der Waals surface area contributed by atoms with Crippen LogP contribution < -0.4 is 10.9 Å². The Morgan fingerprint density at radius 3 is 3.00 bits per heavy atom. The summed E-state index contributed by atoms with van der Waals surface area (Å²) in [5.74, 6) is 0. The van der Waals surface area contributed by atoms with E-state index in [0.29, 0.717) is 10.5 Å². The van der Waals surface area contributed by atoms with Crippen LogP contribution in [0.15, 0.2) is 15.5 Å². The van der Waals surface area contributed by atoms with E-state index in [1.165, 1.54) is 25.9 Å². The van der Waals surface area contributed by atoms with E-state index in [9.17, 15) is 4.79 Å². The van der Waals surface area contributed by atoms with Gasteiger partial charge < -0.3 is 10.2 Å². The highest BCUT2D eigenvalue weighted by atomic mass is 79.9. The first-order valence-corrected chi connectivity index (χ1v) is 6.68. The number of halogens is 1. The monoisotopic (exact) mass is 300 g/mol.